The van der Waals surface area contributed by atoms with Crippen LogP contribution in [-0.4, -0.2) is 5.11 Å². The SMILES string of the molecule is CCCCC(S)c1ccccc1O. The molecule has 0 fully saturated rings. The van der Waals surface area contributed by atoms with Crippen molar-refractivity contribution in [3.63, 3.8) is 0 Å². The van der Waals surface area contributed by atoms with Crippen molar-refractivity contribution in [2.24, 2.45) is 0 Å². The number of rotatable bonds is 4. The van der Waals surface area contributed by atoms with E-state index in [4.69, 9.17) is 0 Å². The Morgan fingerprint density at radius 3 is 2.69 bits per heavy atom. The third kappa shape index (κ3) is 2.96. The van der Waals surface area contributed by atoms with Crippen LogP contribution in [0.2, 0.25) is 0 Å². The Labute approximate surface area is 85.2 Å². The van der Waals surface area contributed by atoms with Crippen LogP contribution in [-0.2, 0) is 0 Å². The quantitative estimate of drug-likeness (QED) is 0.706. The summed E-state index contributed by atoms with van der Waals surface area (Å²) >= 11 is 4.46. The molecule has 72 valence electrons. The highest BCUT2D eigenvalue weighted by molar-refractivity contribution is 7.80. The fourth-order valence-corrected chi connectivity index (χ4v) is 1.72. The highest BCUT2D eigenvalue weighted by atomic mass is 32.1. The van der Waals surface area contributed by atoms with Gasteiger partial charge in [0.15, 0.2) is 0 Å². The largest absolute Gasteiger partial charge is 0.508 e. The van der Waals surface area contributed by atoms with Crippen molar-refractivity contribution in [1.29, 1.82) is 0 Å². The fraction of sp³-hybridized carbons (Fsp3) is 0.455. The van der Waals surface area contributed by atoms with Crippen LogP contribution in [0.1, 0.15) is 37.0 Å². The number of hydrogen-bond acceptors (Lipinski definition) is 2. The first-order chi connectivity index (χ1) is 6.25. The first kappa shape index (κ1) is 10.5. The topological polar surface area (TPSA) is 20.2 Å². The molecule has 0 radical (unpaired) electrons. The smallest absolute Gasteiger partial charge is 0.119 e. The number of benzene rings is 1. The second kappa shape index (κ2) is 5.18. The van der Waals surface area contributed by atoms with Crippen LogP contribution in [0.3, 0.4) is 0 Å². The molecule has 0 aliphatic heterocycles. The lowest BCUT2D eigenvalue weighted by atomic mass is 10.1. The normalized spacial score (nSPS) is 12.8. The summed E-state index contributed by atoms with van der Waals surface area (Å²) in [7, 11) is 0. The van der Waals surface area contributed by atoms with Crippen molar-refractivity contribution >= 4 is 12.6 Å². The lowest BCUT2D eigenvalue weighted by Gasteiger charge is -2.11. The number of phenolic OH excluding ortho intramolecular Hbond substituents is 1. The molecule has 1 rings (SSSR count). The average molecular weight is 196 g/mol. The summed E-state index contributed by atoms with van der Waals surface area (Å²) in [5, 5.41) is 9.70. The van der Waals surface area contributed by atoms with Crippen molar-refractivity contribution in [2.75, 3.05) is 0 Å². The van der Waals surface area contributed by atoms with Crippen molar-refractivity contribution in [3.8, 4) is 5.75 Å². The number of para-hydroxylation sites is 1. The summed E-state index contributed by atoms with van der Waals surface area (Å²) in [6.45, 7) is 2.16. The molecule has 1 aromatic rings. The van der Waals surface area contributed by atoms with Crippen LogP contribution >= 0.6 is 12.6 Å². The van der Waals surface area contributed by atoms with E-state index in [0.717, 1.165) is 18.4 Å². The van der Waals surface area contributed by atoms with Gasteiger partial charge in [0.05, 0.1) is 0 Å². The third-order valence-corrected chi connectivity index (χ3v) is 2.66. The second-order valence-electron chi connectivity index (χ2n) is 3.22. The van der Waals surface area contributed by atoms with Gasteiger partial charge >= 0.3 is 0 Å². The van der Waals surface area contributed by atoms with Gasteiger partial charge in [0.25, 0.3) is 0 Å². The van der Waals surface area contributed by atoms with E-state index in [9.17, 15) is 5.11 Å². The summed E-state index contributed by atoms with van der Waals surface area (Å²) in [4.78, 5) is 0. The summed E-state index contributed by atoms with van der Waals surface area (Å²) in [6, 6.07) is 7.41. The van der Waals surface area contributed by atoms with Gasteiger partial charge < -0.3 is 5.11 Å². The summed E-state index contributed by atoms with van der Waals surface area (Å²) in [5.41, 5.74) is 0.944. The molecule has 0 aromatic heterocycles. The lowest BCUT2D eigenvalue weighted by molar-refractivity contribution is 0.466. The lowest BCUT2D eigenvalue weighted by Crippen LogP contribution is -1.90. The molecule has 0 aliphatic carbocycles. The van der Waals surface area contributed by atoms with Gasteiger partial charge in [-0.05, 0) is 12.5 Å². The van der Waals surface area contributed by atoms with Crippen molar-refractivity contribution in [3.05, 3.63) is 29.8 Å². The summed E-state index contributed by atoms with van der Waals surface area (Å²) in [5.74, 6) is 0.360. The predicted molar refractivity (Wildman–Crippen MR) is 59.4 cm³/mol. The van der Waals surface area contributed by atoms with Gasteiger partial charge in [0, 0.05) is 10.8 Å². The molecule has 0 saturated heterocycles. The minimum atomic E-state index is 0.168. The van der Waals surface area contributed by atoms with Crippen LogP contribution in [0.4, 0.5) is 0 Å². The van der Waals surface area contributed by atoms with Crippen LogP contribution in [0.5, 0.6) is 5.75 Å². The molecule has 1 aromatic carbocycles. The number of aromatic hydroxyl groups is 1. The molecule has 2 heteroatoms. The number of phenols is 1. The van der Waals surface area contributed by atoms with Crippen molar-refractivity contribution in [2.45, 2.75) is 31.4 Å². The Bertz CT molecular complexity index is 260. The van der Waals surface area contributed by atoms with E-state index in [-0.39, 0.29) is 5.25 Å². The molecule has 0 aliphatic rings. The second-order valence-corrected chi connectivity index (χ2v) is 3.84. The minimum absolute atomic E-state index is 0.168. The molecule has 1 atom stereocenters. The van der Waals surface area contributed by atoms with Gasteiger partial charge in [-0.3, -0.25) is 0 Å². The Balaban J connectivity index is 2.65. The summed E-state index contributed by atoms with van der Waals surface area (Å²) < 4.78 is 0. The molecule has 0 bridgehead atoms. The van der Waals surface area contributed by atoms with Gasteiger partial charge in [-0.1, -0.05) is 38.0 Å². The molecule has 0 spiro atoms. The van der Waals surface area contributed by atoms with Gasteiger partial charge in [-0.25, -0.2) is 0 Å². The maximum absolute atomic E-state index is 9.53. The van der Waals surface area contributed by atoms with Crippen LogP contribution in [0.25, 0.3) is 0 Å². The zero-order chi connectivity index (χ0) is 9.68. The molecule has 1 N–H and O–H groups in total. The van der Waals surface area contributed by atoms with Gasteiger partial charge in [-0.2, -0.15) is 12.6 Å². The molecule has 1 nitrogen and oxygen atoms in total. The molecule has 0 heterocycles. The zero-order valence-electron chi connectivity index (χ0n) is 7.90. The molecule has 0 saturated carbocycles. The predicted octanol–water partition coefficient (Wildman–Crippen LogP) is 3.55. The Kier molecular flexibility index (Phi) is 4.16. The van der Waals surface area contributed by atoms with E-state index in [0.29, 0.717) is 5.75 Å². The summed E-state index contributed by atoms with van der Waals surface area (Å²) in [6.07, 6.45) is 3.35. The average Bonchev–Trinajstić information content (AvgIpc) is 2.15. The molecular weight excluding hydrogens is 180 g/mol. The van der Waals surface area contributed by atoms with Crippen LogP contribution < -0.4 is 0 Å². The van der Waals surface area contributed by atoms with Crippen LogP contribution in [0.15, 0.2) is 24.3 Å². The van der Waals surface area contributed by atoms with E-state index in [1.165, 1.54) is 6.42 Å². The Hall–Kier alpha value is -0.630. The monoisotopic (exact) mass is 196 g/mol. The molecule has 0 amide bonds. The Morgan fingerprint density at radius 1 is 1.38 bits per heavy atom. The van der Waals surface area contributed by atoms with E-state index >= 15 is 0 Å². The minimum Gasteiger partial charge on any atom is -0.508 e. The van der Waals surface area contributed by atoms with E-state index in [2.05, 4.69) is 19.6 Å². The highest BCUT2D eigenvalue weighted by Crippen LogP contribution is 2.31. The first-order valence-corrected chi connectivity index (χ1v) is 5.23. The maximum atomic E-state index is 9.53. The standard InChI is InChI=1S/C11H16OS/c1-2-3-8-11(13)9-6-4-5-7-10(9)12/h4-7,11-13H,2-3,8H2,1H3. The molecular formula is C11H16OS. The van der Waals surface area contributed by atoms with Gasteiger partial charge in [0.1, 0.15) is 5.75 Å². The first-order valence-electron chi connectivity index (χ1n) is 4.71. The maximum Gasteiger partial charge on any atom is 0.119 e. The number of unbranched alkanes of at least 4 members (excludes halogenated alkanes) is 1. The number of thiol groups is 1. The van der Waals surface area contributed by atoms with E-state index in [1.54, 1.807) is 6.07 Å². The zero-order valence-corrected chi connectivity index (χ0v) is 8.80. The van der Waals surface area contributed by atoms with Gasteiger partial charge in [0.2, 0.25) is 0 Å². The number of hydrogen-bond donors (Lipinski definition) is 2. The fourth-order valence-electron chi connectivity index (χ4n) is 1.32. The molecule has 13 heavy (non-hydrogen) atoms. The van der Waals surface area contributed by atoms with Crippen LogP contribution in [0, 0.1) is 0 Å². The van der Waals surface area contributed by atoms with E-state index in [1.807, 2.05) is 18.2 Å². The van der Waals surface area contributed by atoms with Crippen molar-refractivity contribution in [1.82, 2.24) is 0 Å². The highest BCUT2D eigenvalue weighted by Gasteiger charge is 2.09. The molecule has 1 unspecified atom stereocenters. The van der Waals surface area contributed by atoms with Gasteiger partial charge in [-0.15, -0.1) is 0 Å². The third-order valence-electron chi connectivity index (χ3n) is 2.13. The van der Waals surface area contributed by atoms with E-state index < -0.39 is 0 Å². The Morgan fingerprint density at radius 2 is 2.08 bits per heavy atom. The van der Waals surface area contributed by atoms with Crippen molar-refractivity contribution < 1.29 is 5.11 Å².